The molecule has 1 fully saturated rings. The first-order valence-electron chi connectivity index (χ1n) is 5.29. The van der Waals surface area contributed by atoms with Crippen LogP contribution in [0.5, 0.6) is 0 Å². The minimum absolute atomic E-state index is 0.0172. The van der Waals surface area contributed by atoms with Gasteiger partial charge in [0, 0.05) is 16.7 Å². The van der Waals surface area contributed by atoms with E-state index in [9.17, 15) is 18.0 Å². The number of carbonyl (C=O) groups is 1. The summed E-state index contributed by atoms with van der Waals surface area (Å²) in [7, 11) is 0. The van der Waals surface area contributed by atoms with Crippen molar-refractivity contribution in [2.75, 3.05) is 11.9 Å². The highest BCUT2D eigenvalue weighted by molar-refractivity contribution is 9.10. The van der Waals surface area contributed by atoms with Gasteiger partial charge in [-0.25, -0.2) is 0 Å². The molecule has 1 aliphatic rings. The molecule has 0 aromatic heterocycles. The molecule has 98 valence electrons. The number of amides is 1. The van der Waals surface area contributed by atoms with Crippen molar-refractivity contribution in [1.29, 1.82) is 0 Å². The summed E-state index contributed by atoms with van der Waals surface area (Å²) in [6.07, 6.45) is -3.86. The number of hydrogen-bond acceptors (Lipinski definition) is 2. The average Bonchev–Trinajstić information content (AvgIpc) is 2.66. The fourth-order valence-electron chi connectivity index (χ4n) is 1.77. The monoisotopic (exact) mass is 322 g/mol. The molecule has 0 radical (unpaired) electrons. The Morgan fingerprint density at radius 3 is 2.67 bits per heavy atom. The van der Waals surface area contributed by atoms with Crippen molar-refractivity contribution in [3.05, 3.63) is 28.2 Å². The van der Waals surface area contributed by atoms with E-state index in [0.717, 1.165) is 6.07 Å². The second kappa shape index (κ2) is 4.79. The first-order valence-corrected chi connectivity index (χ1v) is 6.08. The van der Waals surface area contributed by atoms with Crippen LogP contribution in [0.4, 0.5) is 18.9 Å². The van der Waals surface area contributed by atoms with Gasteiger partial charge in [-0.15, -0.1) is 0 Å². The number of hydrogen-bond donors (Lipinski definition) is 2. The Kier molecular flexibility index (Phi) is 3.52. The number of halogens is 4. The van der Waals surface area contributed by atoms with E-state index in [-0.39, 0.29) is 16.1 Å². The second-order valence-corrected chi connectivity index (χ2v) is 4.82. The molecule has 2 N–H and O–H groups in total. The fraction of sp³-hybridized carbons (Fsp3) is 0.364. The lowest BCUT2D eigenvalue weighted by Gasteiger charge is -2.15. The van der Waals surface area contributed by atoms with Crippen molar-refractivity contribution in [2.24, 2.45) is 0 Å². The van der Waals surface area contributed by atoms with Crippen molar-refractivity contribution in [3.63, 3.8) is 0 Å². The van der Waals surface area contributed by atoms with Crippen LogP contribution in [-0.2, 0) is 11.0 Å². The number of rotatable bonds is 2. The Morgan fingerprint density at radius 2 is 2.11 bits per heavy atom. The second-order valence-electron chi connectivity index (χ2n) is 3.97. The Morgan fingerprint density at radius 1 is 1.39 bits per heavy atom. The van der Waals surface area contributed by atoms with E-state index in [0.29, 0.717) is 13.0 Å². The van der Waals surface area contributed by atoms with E-state index in [2.05, 4.69) is 26.6 Å². The minimum Gasteiger partial charge on any atom is -0.374 e. The van der Waals surface area contributed by atoms with E-state index >= 15 is 0 Å². The topological polar surface area (TPSA) is 41.1 Å². The van der Waals surface area contributed by atoms with Gasteiger partial charge in [0.15, 0.2) is 0 Å². The zero-order valence-electron chi connectivity index (χ0n) is 9.14. The summed E-state index contributed by atoms with van der Waals surface area (Å²) in [5, 5.41) is 5.41. The molecule has 1 aromatic carbocycles. The van der Waals surface area contributed by atoms with Gasteiger partial charge in [-0.3, -0.25) is 4.79 Å². The first-order chi connectivity index (χ1) is 8.38. The third-order valence-corrected chi connectivity index (χ3v) is 3.35. The van der Waals surface area contributed by atoms with Crippen molar-refractivity contribution in [3.8, 4) is 0 Å². The number of anilines is 1. The van der Waals surface area contributed by atoms with Crippen molar-refractivity contribution >= 4 is 27.5 Å². The summed E-state index contributed by atoms with van der Waals surface area (Å²) >= 11 is 2.86. The summed E-state index contributed by atoms with van der Waals surface area (Å²) in [5.74, 6) is -0.188. The van der Waals surface area contributed by atoms with Gasteiger partial charge in [-0.2, -0.15) is 13.2 Å². The highest BCUT2D eigenvalue weighted by Crippen LogP contribution is 2.36. The van der Waals surface area contributed by atoms with E-state index < -0.39 is 17.8 Å². The van der Waals surface area contributed by atoms with Gasteiger partial charge >= 0.3 is 6.18 Å². The predicted octanol–water partition coefficient (Wildman–Crippen LogP) is 2.77. The lowest BCUT2D eigenvalue weighted by atomic mass is 10.1. The standard InChI is InChI=1S/C11H10BrF3N2O/c12-8-2-1-6(5-7(8)11(13,14)15)17-9-3-4-16-10(9)18/h1-2,5,9,17H,3-4H2,(H,16,18). The maximum Gasteiger partial charge on any atom is 0.417 e. The van der Waals surface area contributed by atoms with E-state index in [4.69, 9.17) is 0 Å². The molecule has 3 nitrogen and oxygen atoms in total. The third-order valence-electron chi connectivity index (χ3n) is 2.66. The summed E-state index contributed by atoms with van der Waals surface area (Å²) < 4.78 is 38.0. The highest BCUT2D eigenvalue weighted by Gasteiger charge is 2.33. The van der Waals surface area contributed by atoms with Crippen LogP contribution in [0.1, 0.15) is 12.0 Å². The SMILES string of the molecule is O=C1NCCC1Nc1ccc(Br)c(C(F)(F)F)c1. The number of nitrogens with one attached hydrogen (secondary N) is 2. The third kappa shape index (κ3) is 2.77. The van der Waals surface area contributed by atoms with E-state index in [1.54, 1.807) is 0 Å². The highest BCUT2D eigenvalue weighted by atomic mass is 79.9. The molecule has 0 spiro atoms. The lowest BCUT2D eigenvalue weighted by molar-refractivity contribution is -0.138. The van der Waals surface area contributed by atoms with Gasteiger partial charge < -0.3 is 10.6 Å². The Labute approximate surface area is 110 Å². The van der Waals surface area contributed by atoms with Gasteiger partial charge in [-0.1, -0.05) is 15.9 Å². The van der Waals surface area contributed by atoms with Gasteiger partial charge in [0.2, 0.25) is 5.91 Å². The number of benzene rings is 1. The van der Waals surface area contributed by atoms with Crippen molar-refractivity contribution in [2.45, 2.75) is 18.6 Å². The molecule has 1 saturated heterocycles. The maximum absolute atomic E-state index is 12.7. The van der Waals surface area contributed by atoms with Crippen LogP contribution in [0.25, 0.3) is 0 Å². The molecule has 0 bridgehead atoms. The molecule has 1 amide bonds. The van der Waals surface area contributed by atoms with Crippen LogP contribution in [0, 0.1) is 0 Å². The molecule has 1 unspecified atom stereocenters. The molecular formula is C11H10BrF3N2O. The Balaban J connectivity index is 2.22. The van der Waals surface area contributed by atoms with Crippen molar-refractivity contribution < 1.29 is 18.0 Å². The maximum atomic E-state index is 12.7. The average molecular weight is 323 g/mol. The molecule has 2 rings (SSSR count). The van der Waals surface area contributed by atoms with E-state index in [1.807, 2.05) is 0 Å². The number of carbonyl (C=O) groups excluding carboxylic acids is 1. The largest absolute Gasteiger partial charge is 0.417 e. The van der Waals surface area contributed by atoms with Crippen LogP contribution in [-0.4, -0.2) is 18.5 Å². The summed E-state index contributed by atoms with van der Waals surface area (Å²) in [6, 6.07) is 3.35. The fourth-order valence-corrected chi connectivity index (χ4v) is 2.24. The van der Waals surface area contributed by atoms with Gasteiger partial charge in [0.05, 0.1) is 5.56 Å². The zero-order chi connectivity index (χ0) is 13.3. The molecule has 1 aliphatic heterocycles. The summed E-state index contributed by atoms with van der Waals surface area (Å²) in [4.78, 5) is 11.3. The molecule has 1 aromatic rings. The molecule has 0 saturated carbocycles. The minimum atomic E-state index is -4.42. The summed E-state index contributed by atoms with van der Waals surface area (Å²) in [6.45, 7) is 0.541. The van der Waals surface area contributed by atoms with Gasteiger partial charge in [-0.05, 0) is 24.6 Å². The van der Waals surface area contributed by atoms with Crippen molar-refractivity contribution in [1.82, 2.24) is 5.32 Å². The molecule has 1 heterocycles. The Hall–Kier alpha value is -1.24. The molecular weight excluding hydrogens is 313 g/mol. The molecule has 0 aliphatic carbocycles. The number of alkyl halides is 3. The van der Waals surface area contributed by atoms with Crippen LogP contribution in [0.2, 0.25) is 0 Å². The van der Waals surface area contributed by atoms with Gasteiger partial charge in [0.1, 0.15) is 6.04 Å². The van der Waals surface area contributed by atoms with Crippen LogP contribution in [0.15, 0.2) is 22.7 Å². The summed E-state index contributed by atoms with van der Waals surface area (Å²) in [5.41, 5.74) is -0.474. The van der Waals surface area contributed by atoms with Crippen LogP contribution >= 0.6 is 15.9 Å². The van der Waals surface area contributed by atoms with Crippen LogP contribution in [0.3, 0.4) is 0 Å². The van der Waals surface area contributed by atoms with Gasteiger partial charge in [0.25, 0.3) is 0 Å². The lowest BCUT2D eigenvalue weighted by Crippen LogP contribution is -2.29. The molecule has 18 heavy (non-hydrogen) atoms. The van der Waals surface area contributed by atoms with Crippen LogP contribution < -0.4 is 10.6 Å². The smallest absolute Gasteiger partial charge is 0.374 e. The zero-order valence-corrected chi connectivity index (χ0v) is 10.7. The molecule has 7 heteroatoms. The molecule has 1 atom stereocenters. The quantitative estimate of drug-likeness (QED) is 0.879. The first kappa shape index (κ1) is 13.2. The Bertz CT molecular complexity index is 476. The normalized spacial score (nSPS) is 19.8. The predicted molar refractivity (Wildman–Crippen MR) is 64.2 cm³/mol. The van der Waals surface area contributed by atoms with E-state index in [1.165, 1.54) is 12.1 Å².